The maximum atomic E-state index is 12.6. The van der Waals surface area contributed by atoms with Crippen LogP contribution in [0, 0.1) is 0 Å². The van der Waals surface area contributed by atoms with E-state index in [9.17, 15) is 4.79 Å². The van der Waals surface area contributed by atoms with Crippen molar-refractivity contribution < 1.29 is 9.53 Å². The number of carbonyl (C=O) groups excluding carboxylic acids is 1. The highest BCUT2D eigenvalue weighted by atomic mass is 35.5. The second-order valence-corrected chi connectivity index (χ2v) is 8.38. The Kier molecular flexibility index (Phi) is 6.61. The molecule has 0 N–H and O–H groups in total. The van der Waals surface area contributed by atoms with Gasteiger partial charge in [0.25, 0.3) is 0 Å². The average molecular weight is 470 g/mol. The number of Topliss-reactive ketones (excluding diaryl/α,β-unsaturated/α-hetero) is 1. The van der Waals surface area contributed by atoms with Crippen molar-refractivity contribution >= 4 is 40.7 Å². The van der Waals surface area contributed by atoms with Gasteiger partial charge in [0.1, 0.15) is 5.75 Å². The number of hydrogen-bond acceptors (Lipinski definition) is 5. The maximum absolute atomic E-state index is 12.6. The van der Waals surface area contributed by atoms with Gasteiger partial charge in [-0.25, -0.2) is 0 Å². The van der Waals surface area contributed by atoms with Crippen molar-refractivity contribution in [2.24, 2.45) is 0 Å². The summed E-state index contributed by atoms with van der Waals surface area (Å²) in [4.78, 5) is 12.6. The Morgan fingerprint density at radius 1 is 0.903 bits per heavy atom. The van der Waals surface area contributed by atoms with Gasteiger partial charge in [-0.05, 0) is 72.8 Å². The van der Waals surface area contributed by atoms with Gasteiger partial charge in [0.2, 0.25) is 0 Å². The van der Waals surface area contributed by atoms with Crippen LogP contribution in [-0.4, -0.2) is 33.4 Å². The van der Waals surface area contributed by atoms with E-state index in [0.29, 0.717) is 26.6 Å². The molecule has 31 heavy (non-hydrogen) atoms. The molecule has 4 rings (SSSR count). The number of carbonyl (C=O) groups is 1. The van der Waals surface area contributed by atoms with Gasteiger partial charge >= 0.3 is 0 Å². The maximum Gasteiger partial charge on any atom is 0.196 e. The van der Waals surface area contributed by atoms with Crippen LogP contribution in [0.4, 0.5) is 0 Å². The zero-order valence-corrected chi connectivity index (χ0v) is 18.8. The molecule has 156 valence electrons. The van der Waals surface area contributed by atoms with Crippen molar-refractivity contribution in [3.05, 3.63) is 88.4 Å². The molecule has 0 aliphatic rings. The van der Waals surface area contributed by atoms with Crippen LogP contribution < -0.4 is 4.74 Å². The van der Waals surface area contributed by atoms with Crippen LogP contribution in [0.3, 0.4) is 0 Å². The summed E-state index contributed by atoms with van der Waals surface area (Å²) in [5, 5.41) is 10.6. The molecule has 0 fully saturated rings. The first kappa shape index (κ1) is 21.4. The van der Waals surface area contributed by atoms with Crippen LogP contribution >= 0.6 is 35.0 Å². The van der Waals surface area contributed by atoms with E-state index in [1.54, 1.807) is 31.4 Å². The molecular weight excluding hydrogens is 453 g/mol. The summed E-state index contributed by atoms with van der Waals surface area (Å²) in [7, 11) is 1.62. The SMILES string of the molecule is COc1ccc(-c2nnc(SCC(=O)c3ccc(Cl)cc3)n2-c2ccc(Cl)cc2)cc1. The van der Waals surface area contributed by atoms with E-state index < -0.39 is 0 Å². The van der Waals surface area contributed by atoms with Crippen LogP contribution in [0.15, 0.2) is 78.0 Å². The summed E-state index contributed by atoms with van der Waals surface area (Å²) in [5.74, 6) is 1.62. The number of rotatable bonds is 7. The van der Waals surface area contributed by atoms with E-state index in [1.165, 1.54) is 11.8 Å². The number of benzene rings is 3. The fraction of sp³-hybridized carbons (Fsp3) is 0.0870. The van der Waals surface area contributed by atoms with Crippen molar-refractivity contribution in [2.75, 3.05) is 12.9 Å². The summed E-state index contributed by atoms with van der Waals surface area (Å²) < 4.78 is 7.16. The van der Waals surface area contributed by atoms with Crippen molar-refractivity contribution in [1.82, 2.24) is 14.8 Å². The fourth-order valence-corrected chi connectivity index (χ4v) is 4.06. The van der Waals surface area contributed by atoms with E-state index in [0.717, 1.165) is 17.0 Å². The summed E-state index contributed by atoms with van der Waals surface area (Å²) in [6.07, 6.45) is 0. The van der Waals surface area contributed by atoms with Crippen molar-refractivity contribution in [3.8, 4) is 22.8 Å². The van der Waals surface area contributed by atoms with Gasteiger partial charge in [-0.1, -0.05) is 35.0 Å². The Balaban J connectivity index is 1.66. The summed E-state index contributed by atoms with van der Waals surface area (Å²) in [6, 6.07) is 21.8. The Labute approximate surface area is 194 Å². The molecule has 5 nitrogen and oxygen atoms in total. The Hall–Kier alpha value is -2.80. The Morgan fingerprint density at radius 2 is 1.52 bits per heavy atom. The Bertz CT molecular complexity index is 1190. The van der Waals surface area contributed by atoms with Crippen LogP contribution in [0.5, 0.6) is 5.75 Å². The number of ether oxygens (including phenoxy) is 1. The first-order valence-corrected chi connectivity index (χ1v) is 11.1. The molecule has 0 radical (unpaired) electrons. The molecule has 4 aromatic rings. The lowest BCUT2D eigenvalue weighted by Gasteiger charge is -2.11. The van der Waals surface area contributed by atoms with Crippen LogP contribution in [0.1, 0.15) is 10.4 Å². The predicted octanol–water partition coefficient (Wildman–Crippen LogP) is 6.22. The third kappa shape index (κ3) is 4.93. The summed E-state index contributed by atoms with van der Waals surface area (Å²) in [6.45, 7) is 0. The highest BCUT2D eigenvalue weighted by Crippen LogP contribution is 2.30. The lowest BCUT2D eigenvalue weighted by atomic mass is 10.1. The van der Waals surface area contributed by atoms with Crippen molar-refractivity contribution in [1.29, 1.82) is 0 Å². The molecule has 1 heterocycles. The molecule has 0 spiro atoms. The van der Waals surface area contributed by atoms with Gasteiger partial charge in [0, 0.05) is 26.9 Å². The first-order valence-electron chi connectivity index (χ1n) is 9.32. The third-order valence-electron chi connectivity index (χ3n) is 4.56. The fourth-order valence-electron chi connectivity index (χ4n) is 2.96. The standard InChI is InChI=1S/C23H17Cl2N3O2S/c1-30-20-12-4-16(5-13-20)22-26-27-23(28(22)19-10-8-18(25)9-11-19)31-14-21(29)15-2-6-17(24)7-3-15/h2-13H,14H2,1H3. The number of ketones is 1. The van der Waals surface area contributed by atoms with Gasteiger partial charge < -0.3 is 4.74 Å². The van der Waals surface area contributed by atoms with Gasteiger partial charge in [0.15, 0.2) is 16.8 Å². The molecule has 8 heteroatoms. The quantitative estimate of drug-likeness (QED) is 0.237. The van der Waals surface area contributed by atoms with E-state index in [2.05, 4.69) is 10.2 Å². The molecule has 0 aliphatic heterocycles. The zero-order chi connectivity index (χ0) is 21.8. The molecule has 0 atom stereocenters. The van der Waals surface area contributed by atoms with E-state index in [1.807, 2.05) is 53.1 Å². The highest BCUT2D eigenvalue weighted by Gasteiger charge is 2.18. The third-order valence-corrected chi connectivity index (χ3v) is 6.00. The highest BCUT2D eigenvalue weighted by molar-refractivity contribution is 7.99. The predicted molar refractivity (Wildman–Crippen MR) is 125 cm³/mol. The number of nitrogens with zero attached hydrogens (tertiary/aromatic N) is 3. The smallest absolute Gasteiger partial charge is 0.196 e. The number of aromatic nitrogens is 3. The van der Waals surface area contributed by atoms with Crippen LogP contribution in [0.25, 0.3) is 17.1 Å². The van der Waals surface area contributed by atoms with E-state index in [4.69, 9.17) is 27.9 Å². The molecule has 0 aliphatic carbocycles. The Morgan fingerprint density at radius 3 is 2.13 bits per heavy atom. The van der Waals surface area contributed by atoms with Gasteiger partial charge in [0.05, 0.1) is 12.9 Å². The largest absolute Gasteiger partial charge is 0.497 e. The minimum atomic E-state index is -0.0154. The molecular formula is C23H17Cl2N3O2S. The average Bonchev–Trinajstić information content (AvgIpc) is 3.22. The summed E-state index contributed by atoms with van der Waals surface area (Å²) >= 11 is 13.3. The van der Waals surface area contributed by atoms with Crippen LogP contribution in [-0.2, 0) is 0 Å². The summed E-state index contributed by atoms with van der Waals surface area (Å²) in [5.41, 5.74) is 2.32. The molecule has 0 bridgehead atoms. The molecule has 3 aromatic carbocycles. The van der Waals surface area contributed by atoms with Crippen molar-refractivity contribution in [2.45, 2.75) is 5.16 Å². The molecule has 0 amide bonds. The van der Waals surface area contributed by atoms with Crippen molar-refractivity contribution in [3.63, 3.8) is 0 Å². The second kappa shape index (κ2) is 9.56. The van der Waals surface area contributed by atoms with Gasteiger partial charge in [-0.3, -0.25) is 9.36 Å². The number of methoxy groups -OCH3 is 1. The number of halogens is 2. The lowest BCUT2D eigenvalue weighted by Crippen LogP contribution is -2.05. The van der Waals surface area contributed by atoms with E-state index in [-0.39, 0.29) is 11.5 Å². The number of thioether (sulfide) groups is 1. The minimum absolute atomic E-state index is 0.0154. The normalized spacial score (nSPS) is 10.8. The first-order chi connectivity index (χ1) is 15.0. The van der Waals surface area contributed by atoms with Gasteiger partial charge in [-0.2, -0.15) is 0 Å². The second-order valence-electron chi connectivity index (χ2n) is 6.57. The zero-order valence-electron chi connectivity index (χ0n) is 16.5. The monoisotopic (exact) mass is 469 g/mol. The van der Waals surface area contributed by atoms with E-state index >= 15 is 0 Å². The number of hydrogen-bond donors (Lipinski definition) is 0. The van der Waals surface area contributed by atoms with Gasteiger partial charge in [-0.15, -0.1) is 10.2 Å². The molecule has 0 saturated heterocycles. The molecule has 0 unspecified atom stereocenters. The lowest BCUT2D eigenvalue weighted by molar-refractivity contribution is 0.102. The van der Waals surface area contributed by atoms with Crippen LogP contribution in [0.2, 0.25) is 10.0 Å². The minimum Gasteiger partial charge on any atom is -0.497 e. The topological polar surface area (TPSA) is 57.0 Å². The molecule has 0 saturated carbocycles. The molecule has 1 aromatic heterocycles.